The first-order valence-electron chi connectivity index (χ1n) is 8.50. The Balaban J connectivity index is 1.81. The van der Waals surface area contributed by atoms with Crippen LogP contribution in [0.1, 0.15) is 24.5 Å². The van der Waals surface area contributed by atoms with E-state index in [1.165, 1.54) is 22.0 Å². The van der Waals surface area contributed by atoms with E-state index in [0.29, 0.717) is 28.3 Å². The van der Waals surface area contributed by atoms with E-state index in [9.17, 15) is 4.79 Å². The number of pyridine rings is 1. The number of rotatable bonds is 3. The molecule has 3 heterocycles. The monoisotopic (exact) mass is 395 g/mol. The number of nitrogens with two attached hydrogens (primary N) is 1. The molecule has 5 rings (SSSR count). The Morgan fingerprint density at radius 3 is 2.85 bits per heavy atom. The van der Waals surface area contributed by atoms with Crippen LogP contribution in [0.4, 0.5) is 5.82 Å². The number of nitrogen functional groups attached to an aromatic ring is 1. The van der Waals surface area contributed by atoms with Crippen molar-refractivity contribution in [2.24, 2.45) is 0 Å². The number of thiazole rings is 1. The SMILES string of the molecule is Nc1nc(-n2ccccc2=O)c(-c2cc(Cl)c3scnc3c2)nc1C1CC1. The van der Waals surface area contributed by atoms with E-state index in [1.54, 1.807) is 23.8 Å². The van der Waals surface area contributed by atoms with Gasteiger partial charge in [0.25, 0.3) is 5.56 Å². The number of benzene rings is 1. The summed E-state index contributed by atoms with van der Waals surface area (Å²) in [6, 6.07) is 8.70. The van der Waals surface area contributed by atoms with Crippen LogP contribution in [0.15, 0.2) is 46.8 Å². The zero-order chi connectivity index (χ0) is 18.5. The second-order valence-corrected chi connectivity index (χ2v) is 7.77. The van der Waals surface area contributed by atoms with Crippen molar-refractivity contribution in [1.82, 2.24) is 19.5 Å². The van der Waals surface area contributed by atoms with Crippen molar-refractivity contribution >= 4 is 39.0 Å². The molecule has 0 saturated heterocycles. The van der Waals surface area contributed by atoms with Crippen LogP contribution in [0, 0.1) is 0 Å². The zero-order valence-electron chi connectivity index (χ0n) is 14.1. The molecule has 0 radical (unpaired) electrons. The highest BCUT2D eigenvalue weighted by atomic mass is 35.5. The fraction of sp³-hybridized carbons (Fsp3) is 0.158. The Morgan fingerprint density at radius 2 is 2.07 bits per heavy atom. The van der Waals surface area contributed by atoms with Crippen molar-refractivity contribution < 1.29 is 0 Å². The molecule has 0 bridgehead atoms. The summed E-state index contributed by atoms with van der Waals surface area (Å²) in [6.07, 6.45) is 3.76. The van der Waals surface area contributed by atoms with Gasteiger partial charge in [-0.3, -0.25) is 9.36 Å². The van der Waals surface area contributed by atoms with Crippen LogP contribution >= 0.6 is 22.9 Å². The van der Waals surface area contributed by atoms with Crippen LogP contribution in [0.25, 0.3) is 27.3 Å². The minimum Gasteiger partial charge on any atom is -0.382 e. The molecule has 0 amide bonds. The van der Waals surface area contributed by atoms with Gasteiger partial charge in [-0.15, -0.1) is 11.3 Å². The molecule has 6 nitrogen and oxygen atoms in total. The van der Waals surface area contributed by atoms with Crippen LogP contribution < -0.4 is 11.3 Å². The Morgan fingerprint density at radius 1 is 1.22 bits per heavy atom. The van der Waals surface area contributed by atoms with E-state index in [4.69, 9.17) is 22.3 Å². The van der Waals surface area contributed by atoms with Crippen molar-refractivity contribution in [3.63, 3.8) is 0 Å². The third-order valence-corrected chi connectivity index (χ3v) is 5.89. The fourth-order valence-corrected chi connectivity index (χ4v) is 4.16. The largest absolute Gasteiger partial charge is 0.382 e. The number of hydrogen-bond acceptors (Lipinski definition) is 6. The molecule has 3 aromatic heterocycles. The van der Waals surface area contributed by atoms with Gasteiger partial charge >= 0.3 is 0 Å². The molecule has 1 saturated carbocycles. The molecule has 0 unspecified atom stereocenters. The maximum atomic E-state index is 12.4. The molecule has 134 valence electrons. The van der Waals surface area contributed by atoms with Gasteiger partial charge in [0, 0.05) is 23.7 Å². The molecule has 0 spiro atoms. The predicted octanol–water partition coefficient (Wildman–Crippen LogP) is 4.02. The first kappa shape index (κ1) is 16.4. The average molecular weight is 396 g/mol. The molecule has 0 atom stereocenters. The lowest BCUT2D eigenvalue weighted by Gasteiger charge is -2.14. The molecule has 1 fully saturated rings. The van der Waals surface area contributed by atoms with E-state index in [2.05, 4.69) is 9.97 Å². The van der Waals surface area contributed by atoms with Crippen LogP contribution in [-0.4, -0.2) is 19.5 Å². The highest BCUT2D eigenvalue weighted by Gasteiger charge is 2.30. The summed E-state index contributed by atoms with van der Waals surface area (Å²) in [5, 5.41) is 0.600. The van der Waals surface area contributed by atoms with Crippen molar-refractivity contribution in [3.05, 3.63) is 63.1 Å². The maximum Gasteiger partial charge on any atom is 0.256 e. The summed E-state index contributed by atoms with van der Waals surface area (Å²) < 4.78 is 2.37. The summed E-state index contributed by atoms with van der Waals surface area (Å²) in [4.78, 5) is 26.1. The molecular weight excluding hydrogens is 382 g/mol. The minimum absolute atomic E-state index is 0.201. The molecule has 1 aliphatic rings. The fourth-order valence-electron chi connectivity index (χ4n) is 3.14. The van der Waals surface area contributed by atoms with E-state index in [-0.39, 0.29) is 5.56 Å². The summed E-state index contributed by atoms with van der Waals surface area (Å²) in [5.41, 5.74) is 10.6. The third-order valence-electron chi connectivity index (χ3n) is 4.61. The number of hydrogen-bond donors (Lipinski definition) is 1. The standard InChI is InChI=1S/C19H14ClN5OS/c20-12-7-11(8-13-17(12)27-9-22-13)16-19(25-6-2-1-3-14(25)26)24-18(21)15(23-16)10-4-5-10/h1-3,6-10H,4-5H2,(H2,21,24). The Kier molecular flexibility index (Phi) is 3.73. The van der Waals surface area contributed by atoms with Crippen molar-refractivity contribution in [2.45, 2.75) is 18.8 Å². The Labute approximate surface area is 163 Å². The van der Waals surface area contributed by atoms with Crippen LogP contribution in [0.3, 0.4) is 0 Å². The van der Waals surface area contributed by atoms with Crippen LogP contribution in [0.5, 0.6) is 0 Å². The summed E-state index contributed by atoms with van der Waals surface area (Å²) >= 11 is 7.95. The average Bonchev–Trinajstić information content (AvgIpc) is 3.38. The van der Waals surface area contributed by atoms with Crippen molar-refractivity contribution in [1.29, 1.82) is 0 Å². The number of fused-ring (bicyclic) bond motifs is 1. The number of anilines is 1. The van der Waals surface area contributed by atoms with Gasteiger partial charge in [0.2, 0.25) is 0 Å². The third kappa shape index (κ3) is 2.79. The molecular formula is C19H14ClN5OS. The van der Waals surface area contributed by atoms with E-state index in [0.717, 1.165) is 34.3 Å². The van der Waals surface area contributed by atoms with Gasteiger partial charge in [0.1, 0.15) is 11.5 Å². The first-order valence-corrected chi connectivity index (χ1v) is 9.76. The second kappa shape index (κ2) is 6.14. The van der Waals surface area contributed by atoms with Gasteiger partial charge in [-0.25, -0.2) is 15.0 Å². The normalized spacial score (nSPS) is 14.0. The van der Waals surface area contributed by atoms with E-state index < -0.39 is 0 Å². The summed E-state index contributed by atoms with van der Waals surface area (Å²) in [7, 11) is 0. The Hall–Kier alpha value is -2.77. The lowest BCUT2D eigenvalue weighted by Crippen LogP contribution is -2.19. The van der Waals surface area contributed by atoms with Crippen molar-refractivity contribution in [3.8, 4) is 17.1 Å². The molecule has 1 aliphatic carbocycles. The summed E-state index contributed by atoms with van der Waals surface area (Å²) in [6.45, 7) is 0. The quantitative estimate of drug-likeness (QED) is 0.566. The maximum absolute atomic E-state index is 12.4. The van der Waals surface area contributed by atoms with Crippen LogP contribution in [0.2, 0.25) is 5.02 Å². The first-order chi connectivity index (χ1) is 13.1. The minimum atomic E-state index is -0.201. The van der Waals surface area contributed by atoms with Gasteiger partial charge in [0.15, 0.2) is 5.82 Å². The summed E-state index contributed by atoms with van der Waals surface area (Å²) in [5.74, 6) is 1.09. The highest BCUT2D eigenvalue weighted by molar-refractivity contribution is 7.17. The molecule has 0 aliphatic heterocycles. The number of nitrogens with zero attached hydrogens (tertiary/aromatic N) is 4. The van der Waals surface area contributed by atoms with Gasteiger partial charge in [-0.1, -0.05) is 17.7 Å². The highest BCUT2D eigenvalue weighted by Crippen LogP contribution is 2.43. The number of halogens is 1. The van der Waals surface area contributed by atoms with Gasteiger partial charge in [-0.2, -0.15) is 0 Å². The lowest BCUT2D eigenvalue weighted by molar-refractivity contribution is 0.907. The molecule has 2 N–H and O–H groups in total. The second-order valence-electron chi connectivity index (χ2n) is 6.51. The molecule has 8 heteroatoms. The van der Waals surface area contributed by atoms with Gasteiger partial charge < -0.3 is 5.73 Å². The molecule has 4 aromatic rings. The van der Waals surface area contributed by atoms with Crippen LogP contribution in [-0.2, 0) is 0 Å². The van der Waals surface area contributed by atoms with Crippen molar-refractivity contribution in [2.75, 3.05) is 5.73 Å². The van der Waals surface area contributed by atoms with Gasteiger partial charge in [-0.05, 0) is 31.0 Å². The topological polar surface area (TPSA) is 86.7 Å². The zero-order valence-corrected chi connectivity index (χ0v) is 15.7. The molecule has 27 heavy (non-hydrogen) atoms. The van der Waals surface area contributed by atoms with E-state index >= 15 is 0 Å². The lowest BCUT2D eigenvalue weighted by atomic mass is 10.1. The smallest absolute Gasteiger partial charge is 0.256 e. The van der Waals surface area contributed by atoms with E-state index in [1.807, 2.05) is 12.1 Å². The Bertz CT molecular complexity index is 1240. The number of aromatic nitrogens is 4. The predicted molar refractivity (Wildman–Crippen MR) is 108 cm³/mol. The molecule has 1 aromatic carbocycles. The van der Waals surface area contributed by atoms with Gasteiger partial charge in [0.05, 0.1) is 26.4 Å².